The second kappa shape index (κ2) is 8.55. The van der Waals surface area contributed by atoms with Gasteiger partial charge in [-0.3, -0.25) is 19.6 Å². The molecule has 0 aliphatic rings. The number of benzene rings is 3. The lowest BCUT2D eigenvalue weighted by Crippen LogP contribution is -2.13. The highest BCUT2D eigenvalue weighted by atomic mass is 32.2. The Morgan fingerprint density at radius 1 is 1.03 bits per heavy atom. The molecule has 1 heterocycles. The monoisotopic (exact) mass is 464 g/mol. The van der Waals surface area contributed by atoms with Crippen molar-refractivity contribution in [2.24, 2.45) is 0 Å². The third-order valence-corrected chi connectivity index (χ3v) is 6.10. The molecule has 0 radical (unpaired) electrons. The Morgan fingerprint density at radius 2 is 1.73 bits per heavy atom. The molecule has 0 saturated heterocycles. The normalized spacial score (nSPS) is 11.2. The summed E-state index contributed by atoms with van der Waals surface area (Å²) in [6.07, 6.45) is 2.48. The molecule has 0 aliphatic carbocycles. The van der Waals surface area contributed by atoms with E-state index in [4.69, 9.17) is 0 Å². The predicted octanol–water partition coefficient (Wildman–Crippen LogP) is 3.52. The smallest absolute Gasteiger partial charge is 0.296 e. The van der Waals surface area contributed by atoms with Gasteiger partial charge in [0.15, 0.2) is 5.78 Å². The highest BCUT2D eigenvalue weighted by molar-refractivity contribution is 7.92. The minimum atomic E-state index is -4.08. The van der Waals surface area contributed by atoms with Crippen molar-refractivity contribution in [3.63, 3.8) is 0 Å². The maximum absolute atomic E-state index is 12.7. The summed E-state index contributed by atoms with van der Waals surface area (Å²) in [7, 11) is -4.08. The van der Waals surface area contributed by atoms with Crippen LogP contribution in [0.25, 0.3) is 5.69 Å². The number of ketones is 1. The Bertz CT molecular complexity index is 1470. The molecule has 2 N–H and O–H groups in total. The van der Waals surface area contributed by atoms with Crippen LogP contribution < -0.4 is 4.72 Å². The molecule has 0 amide bonds. The van der Waals surface area contributed by atoms with Crippen molar-refractivity contribution in [1.29, 1.82) is 0 Å². The van der Waals surface area contributed by atoms with Crippen LogP contribution in [-0.4, -0.2) is 34.0 Å². The van der Waals surface area contributed by atoms with E-state index in [1.807, 2.05) is 0 Å². The van der Waals surface area contributed by atoms with E-state index < -0.39 is 26.4 Å². The molecular weight excluding hydrogens is 448 g/mol. The molecule has 0 spiro atoms. The minimum absolute atomic E-state index is 0.0324. The lowest BCUT2D eigenvalue weighted by atomic mass is 10.1. The van der Waals surface area contributed by atoms with Gasteiger partial charge in [-0.25, -0.2) is 13.1 Å². The van der Waals surface area contributed by atoms with Crippen molar-refractivity contribution in [3.8, 4) is 11.4 Å². The predicted molar refractivity (Wildman–Crippen MR) is 119 cm³/mol. The van der Waals surface area contributed by atoms with Gasteiger partial charge < -0.3 is 5.11 Å². The van der Waals surface area contributed by atoms with Crippen LogP contribution in [0.3, 0.4) is 0 Å². The number of para-hydroxylation sites is 2. The Labute approximate surface area is 187 Å². The number of nitro groups is 1. The first-order valence-electron chi connectivity index (χ1n) is 9.50. The summed E-state index contributed by atoms with van der Waals surface area (Å²) >= 11 is 0. The molecule has 0 aliphatic heterocycles. The van der Waals surface area contributed by atoms with Crippen molar-refractivity contribution in [1.82, 2.24) is 9.78 Å². The van der Waals surface area contributed by atoms with Gasteiger partial charge in [0.25, 0.3) is 15.7 Å². The number of carbonyl (C=O) groups excluding carboxylic acids is 1. The molecule has 0 saturated carbocycles. The first-order valence-corrected chi connectivity index (χ1v) is 11.0. The van der Waals surface area contributed by atoms with Crippen molar-refractivity contribution in [3.05, 3.63) is 106 Å². The lowest BCUT2D eigenvalue weighted by Gasteiger charge is -2.09. The average Bonchev–Trinajstić information content (AvgIpc) is 3.29. The van der Waals surface area contributed by atoms with Crippen LogP contribution in [0.5, 0.6) is 5.75 Å². The van der Waals surface area contributed by atoms with Crippen LogP contribution in [0.2, 0.25) is 0 Å². The van der Waals surface area contributed by atoms with E-state index in [1.54, 1.807) is 42.5 Å². The van der Waals surface area contributed by atoms with Gasteiger partial charge in [-0.2, -0.15) is 5.10 Å². The number of aromatic nitrogens is 2. The largest absolute Gasteiger partial charge is 0.507 e. The minimum Gasteiger partial charge on any atom is -0.507 e. The molecule has 4 aromatic rings. The summed E-state index contributed by atoms with van der Waals surface area (Å²) in [6, 6.07) is 17.4. The maximum Gasteiger partial charge on any atom is 0.296 e. The molecule has 0 unspecified atom stereocenters. The zero-order valence-corrected chi connectivity index (χ0v) is 17.6. The van der Waals surface area contributed by atoms with E-state index in [0.29, 0.717) is 5.69 Å². The summed E-state index contributed by atoms with van der Waals surface area (Å²) in [5.41, 5.74) is -0.0950. The number of phenols is 1. The number of carbonyl (C=O) groups is 1. The third kappa shape index (κ3) is 4.43. The number of anilines is 1. The van der Waals surface area contributed by atoms with Crippen LogP contribution in [0, 0.1) is 10.1 Å². The van der Waals surface area contributed by atoms with E-state index >= 15 is 0 Å². The molecule has 33 heavy (non-hydrogen) atoms. The number of nitrogens with one attached hydrogen (secondary N) is 1. The number of rotatable bonds is 7. The van der Waals surface area contributed by atoms with Crippen LogP contribution in [0.15, 0.2) is 90.1 Å². The van der Waals surface area contributed by atoms with Gasteiger partial charge in [0.05, 0.1) is 27.1 Å². The first kappa shape index (κ1) is 21.7. The number of hydrogen-bond acceptors (Lipinski definition) is 7. The van der Waals surface area contributed by atoms with Crippen LogP contribution in [-0.2, 0) is 10.0 Å². The first-order chi connectivity index (χ1) is 15.8. The fourth-order valence-electron chi connectivity index (χ4n) is 3.12. The second-order valence-corrected chi connectivity index (χ2v) is 8.58. The van der Waals surface area contributed by atoms with Crippen LogP contribution in [0.4, 0.5) is 11.4 Å². The standard InChI is InChI=1S/C22H16N4O6S/c27-21-9-5-4-8-18(21)22(28)15-13-23-25(14-15)19-11-10-17(12-20(19)26(29)30)33(31,32)24-16-6-2-1-3-7-16/h1-14,24,27H. The molecule has 10 nitrogen and oxygen atoms in total. The van der Waals surface area contributed by atoms with Crippen molar-refractivity contribution in [2.45, 2.75) is 4.90 Å². The van der Waals surface area contributed by atoms with Crippen LogP contribution in [0.1, 0.15) is 15.9 Å². The molecule has 0 fully saturated rings. The van der Waals surface area contributed by atoms with E-state index in [-0.39, 0.29) is 27.5 Å². The quantitative estimate of drug-likeness (QED) is 0.242. The summed E-state index contributed by atoms with van der Waals surface area (Å²) in [6.45, 7) is 0. The van der Waals surface area contributed by atoms with Crippen LogP contribution >= 0.6 is 0 Å². The molecule has 0 bridgehead atoms. The maximum atomic E-state index is 12.7. The van der Waals surface area contributed by atoms with Gasteiger partial charge in [0.1, 0.15) is 11.4 Å². The number of aromatic hydroxyl groups is 1. The van der Waals surface area contributed by atoms with Gasteiger partial charge >= 0.3 is 0 Å². The fraction of sp³-hybridized carbons (Fsp3) is 0. The fourth-order valence-corrected chi connectivity index (χ4v) is 4.20. The van der Waals surface area contributed by atoms with Crippen molar-refractivity contribution in [2.75, 3.05) is 4.72 Å². The summed E-state index contributed by atoms with van der Waals surface area (Å²) in [5, 5.41) is 25.6. The molecule has 0 atom stereocenters. The van der Waals surface area contributed by atoms with Gasteiger partial charge in [0, 0.05) is 18.0 Å². The van der Waals surface area contributed by atoms with Crippen molar-refractivity contribution < 1.29 is 23.2 Å². The van der Waals surface area contributed by atoms with E-state index in [1.165, 1.54) is 36.7 Å². The zero-order chi connectivity index (χ0) is 23.6. The molecular formula is C22H16N4O6S. The second-order valence-electron chi connectivity index (χ2n) is 6.90. The molecule has 3 aromatic carbocycles. The van der Waals surface area contributed by atoms with Gasteiger partial charge in [-0.05, 0) is 36.4 Å². The number of phenolic OH excluding ortho intramolecular Hbond substituents is 1. The zero-order valence-electron chi connectivity index (χ0n) is 16.8. The average molecular weight is 464 g/mol. The highest BCUT2D eigenvalue weighted by Crippen LogP contribution is 2.28. The number of nitrogens with zero attached hydrogens (tertiary/aromatic N) is 3. The van der Waals surface area contributed by atoms with E-state index in [2.05, 4.69) is 9.82 Å². The Morgan fingerprint density at radius 3 is 2.42 bits per heavy atom. The Kier molecular flexibility index (Phi) is 5.63. The SMILES string of the molecule is O=C(c1cnn(-c2ccc(S(=O)(=O)Nc3ccccc3)cc2[N+](=O)[O-])c1)c1ccccc1O. The van der Waals surface area contributed by atoms with Gasteiger partial charge in [-0.1, -0.05) is 30.3 Å². The number of hydrogen-bond donors (Lipinski definition) is 2. The molecule has 4 rings (SSSR count). The molecule has 1 aromatic heterocycles. The molecule has 166 valence electrons. The highest BCUT2D eigenvalue weighted by Gasteiger charge is 2.24. The number of sulfonamides is 1. The summed E-state index contributed by atoms with van der Waals surface area (Å²) in [5.74, 6) is -0.727. The van der Waals surface area contributed by atoms with E-state index in [0.717, 1.165) is 10.7 Å². The topological polar surface area (TPSA) is 144 Å². The number of nitro benzene ring substituents is 1. The Hall–Kier alpha value is -4.51. The molecule has 11 heteroatoms. The van der Waals surface area contributed by atoms with Crippen molar-refractivity contribution >= 4 is 27.2 Å². The summed E-state index contributed by atoms with van der Waals surface area (Å²) in [4.78, 5) is 23.3. The third-order valence-electron chi connectivity index (χ3n) is 4.72. The van der Waals surface area contributed by atoms with Gasteiger partial charge in [0.2, 0.25) is 0 Å². The summed E-state index contributed by atoms with van der Waals surface area (Å²) < 4.78 is 28.8. The Balaban J connectivity index is 1.69. The van der Waals surface area contributed by atoms with Gasteiger partial charge in [-0.15, -0.1) is 0 Å². The lowest BCUT2D eigenvalue weighted by molar-refractivity contribution is -0.384. The van der Waals surface area contributed by atoms with E-state index in [9.17, 15) is 28.4 Å².